The van der Waals surface area contributed by atoms with Gasteiger partial charge >= 0.3 is 0 Å². The Bertz CT molecular complexity index is 1060. The molecule has 0 aliphatic rings. The lowest BCUT2D eigenvalue weighted by atomic mass is 10.1. The molecule has 7 nitrogen and oxygen atoms in total. The molecule has 0 saturated carbocycles. The monoisotopic (exact) mass is 481 g/mol. The third-order valence-electron chi connectivity index (χ3n) is 4.42. The fourth-order valence-corrected chi connectivity index (χ4v) is 3.87. The molecule has 164 valence electrons. The second kappa shape index (κ2) is 9.96. The largest absolute Gasteiger partial charge is 0.392 e. The summed E-state index contributed by atoms with van der Waals surface area (Å²) < 4.78 is 1.87. The summed E-state index contributed by atoms with van der Waals surface area (Å²) in [6.07, 6.45) is 4.05. The Balaban J connectivity index is 1.97. The third-order valence-corrected chi connectivity index (χ3v) is 5.31. The third kappa shape index (κ3) is 5.54. The minimum absolute atomic E-state index is 0.00236. The fourth-order valence-electron chi connectivity index (χ4n) is 3.11. The van der Waals surface area contributed by atoms with Crippen LogP contribution in [-0.2, 0) is 6.54 Å². The summed E-state index contributed by atoms with van der Waals surface area (Å²) in [4.78, 5) is 22.2. The maximum absolute atomic E-state index is 13.2. The van der Waals surface area contributed by atoms with Crippen molar-refractivity contribution in [1.29, 1.82) is 0 Å². The second-order valence-electron chi connectivity index (χ2n) is 7.60. The van der Waals surface area contributed by atoms with Gasteiger partial charge in [0.2, 0.25) is 0 Å². The molecule has 0 fully saturated rings. The maximum atomic E-state index is 13.2. The Labute approximate surface area is 195 Å². The number of carbonyl (C=O) groups excluding carboxylic acids is 1. The smallest absolute Gasteiger partial charge is 0.264 e. The summed E-state index contributed by atoms with van der Waals surface area (Å²) in [6, 6.07) is 5.21. The van der Waals surface area contributed by atoms with E-state index in [4.69, 9.17) is 34.8 Å². The zero-order valence-corrected chi connectivity index (χ0v) is 19.5. The van der Waals surface area contributed by atoms with Crippen LogP contribution in [0, 0.1) is 5.92 Å². The molecule has 2 aromatic heterocycles. The first-order valence-corrected chi connectivity index (χ1v) is 10.8. The van der Waals surface area contributed by atoms with E-state index < -0.39 is 12.0 Å². The van der Waals surface area contributed by atoms with Crippen LogP contribution in [0.25, 0.3) is 11.1 Å². The summed E-state index contributed by atoms with van der Waals surface area (Å²) in [7, 11) is 0. The maximum Gasteiger partial charge on any atom is 0.264 e. The molecule has 3 rings (SSSR count). The van der Waals surface area contributed by atoms with Gasteiger partial charge in [0.15, 0.2) is 0 Å². The number of hydrogen-bond acceptors (Lipinski definition) is 5. The molecule has 1 atom stereocenters. The van der Waals surface area contributed by atoms with Crippen LogP contribution >= 0.6 is 34.8 Å². The van der Waals surface area contributed by atoms with Gasteiger partial charge in [-0.3, -0.25) is 9.48 Å². The van der Waals surface area contributed by atoms with Crippen LogP contribution in [0.1, 0.15) is 31.1 Å². The fraction of sp³-hybridized carbons (Fsp3) is 0.333. The normalized spacial score (nSPS) is 12.3. The van der Waals surface area contributed by atoms with Gasteiger partial charge in [-0.25, -0.2) is 9.97 Å². The molecule has 1 amide bonds. The van der Waals surface area contributed by atoms with E-state index in [-0.39, 0.29) is 22.4 Å². The number of halogens is 3. The van der Waals surface area contributed by atoms with Crippen molar-refractivity contribution >= 4 is 46.4 Å². The van der Waals surface area contributed by atoms with Gasteiger partial charge in [-0.15, -0.1) is 0 Å². The number of hydrogen-bond donors (Lipinski definition) is 1. The Hall–Kier alpha value is -2.19. The molecule has 31 heavy (non-hydrogen) atoms. The number of aromatic nitrogens is 4. The first kappa shape index (κ1) is 23.5. The molecule has 0 aliphatic heterocycles. The molecular weight excluding hydrogens is 461 g/mol. The molecule has 0 unspecified atom stereocenters. The zero-order valence-electron chi connectivity index (χ0n) is 17.3. The standard InChI is InChI=1S/C21H22Cl3N5O2/c1-12(2)8-28-10-14(7-27-28)16-5-4-15(6-17(16)22)29(9-13(3)30)21(31)18-19(23)25-11-26-20(18)24/h4-7,10-13,30H,8-9H2,1-3H3/t13-/m1/s1. The van der Waals surface area contributed by atoms with Gasteiger partial charge in [0.1, 0.15) is 22.2 Å². The van der Waals surface area contributed by atoms with Gasteiger partial charge in [-0.2, -0.15) is 5.10 Å². The molecule has 10 heteroatoms. The minimum Gasteiger partial charge on any atom is -0.392 e. The van der Waals surface area contributed by atoms with Gasteiger partial charge in [0.25, 0.3) is 5.91 Å². The number of nitrogens with zero attached hydrogens (tertiary/aromatic N) is 5. The topological polar surface area (TPSA) is 84.1 Å². The summed E-state index contributed by atoms with van der Waals surface area (Å²) in [6.45, 7) is 6.61. The lowest BCUT2D eigenvalue weighted by Crippen LogP contribution is -2.37. The van der Waals surface area contributed by atoms with Crippen LogP contribution in [-0.4, -0.2) is 43.4 Å². The highest BCUT2D eigenvalue weighted by atomic mass is 35.5. The Morgan fingerprint density at radius 2 is 1.84 bits per heavy atom. The summed E-state index contributed by atoms with van der Waals surface area (Å²) in [5.41, 5.74) is 2.09. The summed E-state index contributed by atoms with van der Waals surface area (Å²) in [5.74, 6) is -0.0728. The average molecular weight is 483 g/mol. The number of anilines is 1. The van der Waals surface area contributed by atoms with Crippen molar-refractivity contribution in [3.8, 4) is 11.1 Å². The first-order chi connectivity index (χ1) is 14.7. The lowest BCUT2D eigenvalue weighted by Gasteiger charge is -2.25. The number of benzene rings is 1. The van der Waals surface area contributed by atoms with E-state index in [2.05, 4.69) is 28.9 Å². The first-order valence-electron chi connectivity index (χ1n) is 9.65. The quantitative estimate of drug-likeness (QED) is 0.480. The molecule has 0 aliphatic carbocycles. The molecule has 0 radical (unpaired) electrons. The Morgan fingerprint density at radius 1 is 1.16 bits per heavy atom. The highest BCUT2D eigenvalue weighted by Gasteiger charge is 2.26. The average Bonchev–Trinajstić information content (AvgIpc) is 3.13. The lowest BCUT2D eigenvalue weighted by molar-refractivity contribution is 0.0967. The second-order valence-corrected chi connectivity index (χ2v) is 8.73. The van der Waals surface area contributed by atoms with E-state index in [9.17, 15) is 9.90 Å². The van der Waals surface area contributed by atoms with Gasteiger partial charge < -0.3 is 10.0 Å². The molecule has 1 aromatic carbocycles. The van der Waals surface area contributed by atoms with Gasteiger partial charge in [0.05, 0.1) is 23.9 Å². The van der Waals surface area contributed by atoms with E-state index in [0.29, 0.717) is 16.6 Å². The summed E-state index contributed by atoms with van der Waals surface area (Å²) >= 11 is 18.7. The van der Waals surface area contributed by atoms with Crippen LogP contribution in [0.15, 0.2) is 36.9 Å². The molecule has 0 spiro atoms. The number of rotatable bonds is 7. The molecule has 0 bridgehead atoms. The van der Waals surface area contributed by atoms with Gasteiger partial charge in [0, 0.05) is 29.6 Å². The predicted molar refractivity (Wildman–Crippen MR) is 123 cm³/mol. The SMILES string of the molecule is CC(C)Cn1cc(-c2ccc(N(C[C@@H](C)O)C(=O)c3c(Cl)ncnc3Cl)cc2Cl)cn1. The van der Waals surface area contributed by atoms with E-state index in [0.717, 1.165) is 17.7 Å². The highest BCUT2D eigenvalue weighted by Crippen LogP contribution is 2.33. The molecule has 3 aromatic rings. The number of aliphatic hydroxyl groups is 1. The van der Waals surface area contributed by atoms with Crippen molar-refractivity contribution in [2.24, 2.45) is 5.92 Å². The molecule has 2 heterocycles. The summed E-state index contributed by atoms with van der Waals surface area (Å²) in [5, 5.41) is 14.6. The van der Waals surface area contributed by atoms with Gasteiger partial charge in [-0.05, 0) is 25.0 Å². The zero-order chi connectivity index (χ0) is 22.7. The molecule has 1 N–H and O–H groups in total. The minimum atomic E-state index is -0.807. The van der Waals surface area contributed by atoms with Crippen molar-refractivity contribution in [2.45, 2.75) is 33.4 Å². The molecule has 0 saturated heterocycles. The number of aliphatic hydroxyl groups excluding tert-OH is 1. The van der Waals surface area contributed by atoms with Crippen LogP contribution in [0.4, 0.5) is 5.69 Å². The van der Waals surface area contributed by atoms with E-state index in [1.54, 1.807) is 31.3 Å². The van der Waals surface area contributed by atoms with Gasteiger partial charge in [-0.1, -0.05) is 54.7 Å². The van der Waals surface area contributed by atoms with Crippen LogP contribution in [0.3, 0.4) is 0 Å². The van der Waals surface area contributed by atoms with Crippen LogP contribution in [0.2, 0.25) is 15.3 Å². The Kier molecular flexibility index (Phi) is 7.54. The molecular formula is C21H22Cl3N5O2. The van der Waals surface area contributed by atoms with Crippen LogP contribution in [0.5, 0.6) is 0 Å². The van der Waals surface area contributed by atoms with Crippen molar-refractivity contribution < 1.29 is 9.90 Å². The van der Waals surface area contributed by atoms with Crippen molar-refractivity contribution in [3.63, 3.8) is 0 Å². The van der Waals surface area contributed by atoms with Crippen molar-refractivity contribution in [2.75, 3.05) is 11.4 Å². The van der Waals surface area contributed by atoms with E-state index in [1.807, 2.05) is 10.9 Å². The van der Waals surface area contributed by atoms with Crippen molar-refractivity contribution in [1.82, 2.24) is 19.7 Å². The Morgan fingerprint density at radius 3 is 2.42 bits per heavy atom. The van der Waals surface area contributed by atoms with E-state index in [1.165, 1.54) is 11.2 Å². The number of amides is 1. The van der Waals surface area contributed by atoms with E-state index >= 15 is 0 Å². The van der Waals surface area contributed by atoms with Crippen LogP contribution < -0.4 is 4.90 Å². The number of carbonyl (C=O) groups is 1. The highest BCUT2D eigenvalue weighted by molar-refractivity contribution is 6.39. The van der Waals surface area contributed by atoms with Crippen molar-refractivity contribution in [3.05, 3.63) is 57.8 Å². The predicted octanol–water partition coefficient (Wildman–Crippen LogP) is 4.98.